The van der Waals surface area contributed by atoms with E-state index in [4.69, 9.17) is 9.47 Å². The normalized spacial score (nSPS) is 10.3. The molecular formula is C12H17NO2. The Kier molecular flexibility index (Phi) is 5.15. The first kappa shape index (κ1) is 11.4. The van der Waals surface area contributed by atoms with Crippen LogP contribution in [0.25, 0.3) is 0 Å². The van der Waals surface area contributed by atoms with E-state index in [1.165, 1.54) is 18.1 Å². The molecular weight excluding hydrogens is 190 g/mol. The maximum Gasteiger partial charge on any atom is 0.158 e. The highest BCUT2D eigenvalue weighted by atomic mass is 16.5. The molecule has 3 nitrogen and oxygen atoms in total. The van der Waals surface area contributed by atoms with Crippen LogP contribution < -0.4 is 5.32 Å². The Balaban J connectivity index is 2.20. The first-order valence-corrected chi connectivity index (χ1v) is 5.01. The average molecular weight is 207 g/mol. The summed E-state index contributed by atoms with van der Waals surface area (Å²) in [5.74, 6) is 0. The van der Waals surface area contributed by atoms with E-state index in [1.807, 2.05) is 19.1 Å². The summed E-state index contributed by atoms with van der Waals surface area (Å²) in [4.78, 5) is 0. The van der Waals surface area contributed by atoms with Crippen LogP contribution in [-0.4, -0.2) is 13.3 Å². The minimum Gasteiger partial charge on any atom is -0.498 e. The van der Waals surface area contributed by atoms with Crippen LogP contribution in [0.5, 0.6) is 0 Å². The molecule has 3 heteroatoms. The predicted octanol–water partition coefficient (Wildman–Crippen LogP) is 2.89. The van der Waals surface area contributed by atoms with Crippen LogP contribution >= 0.6 is 0 Å². The van der Waals surface area contributed by atoms with E-state index < -0.39 is 0 Å². The van der Waals surface area contributed by atoms with Crippen LogP contribution in [0, 0.1) is 6.92 Å². The zero-order valence-electron chi connectivity index (χ0n) is 9.19. The number of hydrogen-bond acceptors (Lipinski definition) is 3. The number of aryl methyl sites for hydroxylation is 1. The van der Waals surface area contributed by atoms with E-state index in [1.54, 1.807) is 0 Å². The topological polar surface area (TPSA) is 30.5 Å². The third-order valence-corrected chi connectivity index (χ3v) is 1.79. The largest absolute Gasteiger partial charge is 0.498 e. The van der Waals surface area contributed by atoms with Gasteiger partial charge in [0.2, 0.25) is 0 Å². The number of benzene rings is 1. The third kappa shape index (κ3) is 4.96. The molecule has 0 aliphatic rings. The molecule has 0 atom stereocenters. The van der Waals surface area contributed by atoms with Gasteiger partial charge in [-0.3, -0.25) is 0 Å². The average Bonchev–Trinajstić information content (AvgIpc) is 2.23. The van der Waals surface area contributed by atoms with Crippen LogP contribution in [0.1, 0.15) is 12.5 Å². The smallest absolute Gasteiger partial charge is 0.158 e. The molecule has 1 aromatic carbocycles. The Labute approximate surface area is 90.7 Å². The van der Waals surface area contributed by atoms with Crippen molar-refractivity contribution in [2.24, 2.45) is 0 Å². The van der Waals surface area contributed by atoms with Crippen LogP contribution in [0.2, 0.25) is 0 Å². The van der Waals surface area contributed by atoms with Gasteiger partial charge in [0.1, 0.15) is 12.5 Å². The lowest BCUT2D eigenvalue weighted by Crippen LogP contribution is -2.02. The summed E-state index contributed by atoms with van der Waals surface area (Å²) in [6.07, 6.45) is 3.07. The summed E-state index contributed by atoms with van der Waals surface area (Å²) < 4.78 is 10.1. The van der Waals surface area contributed by atoms with Gasteiger partial charge in [0, 0.05) is 5.69 Å². The lowest BCUT2D eigenvalue weighted by molar-refractivity contribution is 0.224. The first-order chi connectivity index (χ1) is 7.33. The van der Waals surface area contributed by atoms with Crippen molar-refractivity contribution < 1.29 is 9.47 Å². The summed E-state index contributed by atoms with van der Waals surface area (Å²) in [6.45, 7) is 5.08. The Morgan fingerprint density at radius 2 is 2.07 bits per heavy atom. The molecule has 0 spiro atoms. The van der Waals surface area contributed by atoms with Gasteiger partial charge in [0.15, 0.2) is 6.73 Å². The van der Waals surface area contributed by atoms with Crippen molar-refractivity contribution in [2.75, 3.05) is 18.7 Å². The van der Waals surface area contributed by atoms with Gasteiger partial charge in [0.05, 0.1) is 6.61 Å². The van der Waals surface area contributed by atoms with Crippen LogP contribution in [0.4, 0.5) is 5.69 Å². The molecule has 0 saturated heterocycles. The van der Waals surface area contributed by atoms with Crippen molar-refractivity contribution in [3.05, 3.63) is 42.4 Å². The summed E-state index contributed by atoms with van der Waals surface area (Å²) in [5, 5.41) is 3.13. The zero-order valence-corrected chi connectivity index (χ0v) is 9.19. The Morgan fingerprint density at radius 3 is 2.80 bits per heavy atom. The zero-order chi connectivity index (χ0) is 10.9. The lowest BCUT2D eigenvalue weighted by atomic mass is 10.2. The van der Waals surface area contributed by atoms with E-state index >= 15 is 0 Å². The minimum atomic E-state index is 0.438. The second-order valence-electron chi connectivity index (χ2n) is 3.08. The van der Waals surface area contributed by atoms with Crippen molar-refractivity contribution in [2.45, 2.75) is 13.8 Å². The fourth-order valence-corrected chi connectivity index (χ4v) is 1.10. The molecule has 1 aromatic rings. The first-order valence-electron chi connectivity index (χ1n) is 5.01. The molecule has 0 radical (unpaired) electrons. The number of nitrogens with one attached hydrogen (secondary N) is 1. The van der Waals surface area contributed by atoms with Crippen molar-refractivity contribution in [3.8, 4) is 0 Å². The molecule has 0 heterocycles. The van der Waals surface area contributed by atoms with Crippen molar-refractivity contribution >= 4 is 5.69 Å². The van der Waals surface area contributed by atoms with Gasteiger partial charge >= 0.3 is 0 Å². The molecule has 0 saturated carbocycles. The standard InChI is InChI=1S/C12H17NO2/c1-3-14-7-8-15-10-13-12-6-4-5-11(2)9-12/h4-9,13H,3,10H2,1-2H3/b8-7+. The fourth-order valence-electron chi connectivity index (χ4n) is 1.10. The number of hydrogen-bond donors (Lipinski definition) is 1. The number of anilines is 1. The molecule has 0 aliphatic carbocycles. The second kappa shape index (κ2) is 6.76. The SMILES string of the molecule is CCO/C=C/OCNc1cccc(C)c1. The fraction of sp³-hybridized carbons (Fsp3) is 0.333. The minimum absolute atomic E-state index is 0.438. The molecule has 0 aromatic heterocycles. The van der Waals surface area contributed by atoms with E-state index in [9.17, 15) is 0 Å². The summed E-state index contributed by atoms with van der Waals surface area (Å²) >= 11 is 0. The number of ether oxygens (including phenoxy) is 2. The third-order valence-electron chi connectivity index (χ3n) is 1.79. The molecule has 0 unspecified atom stereocenters. The molecule has 0 bridgehead atoms. The van der Waals surface area contributed by atoms with Gasteiger partial charge in [-0.2, -0.15) is 0 Å². The Morgan fingerprint density at radius 1 is 1.27 bits per heavy atom. The quantitative estimate of drug-likeness (QED) is 0.442. The highest BCUT2D eigenvalue weighted by Gasteiger charge is 1.89. The molecule has 1 N–H and O–H groups in total. The molecule has 0 aliphatic heterocycles. The number of rotatable bonds is 6. The van der Waals surface area contributed by atoms with E-state index in [2.05, 4.69) is 24.4 Å². The van der Waals surface area contributed by atoms with Gasteiger partial charge in [-0.25, -0.2) is 0 Å². The van der Waals surface area contributed by atoms with Gasteiger partial charge in [-0.1, -0.05) is 12.1 Å². The van der Waals surface area contributed by atoms with Crippen LogP contribution in [0.3, 0.4) is 0 Å². The summed E-state index contributed by atoms with van der Waals surface area (Å²) in [5.41, 5.74) is 2.28. The second-order valence-corrected chi connectivity index (χ2v) is 3.08. The van der Waals surface area contributed by atoms with Gasteiger partial charge in [0.25, 0.3) is 0 Å². The van der Waals surface area contributed by atoms with Crippen molar-refractivity contribution in [3.63, 3.8) is 0 Å². The van der Waals surface area contributed by atoms with Gasteiger partial charge in [-0.05, 0) is 31.5 Å². The predicted molar refractivity (Wildman–Crippen MR) is 61.5 cm³/mol. The molecule has 1 rings (SSSR count). The van der Waals surface area contributed by atoms with E-state index in [0.717, 1.165) is 5.69 Å². The van der Waals surface area contributed by atoms with E-state index in [-0.39, 0.29) is 0 Å². The Bertz CT molecular complexity index is 310. The maximum atomic E-state index is 5.16. The highest BCUT2D eigenvalue weighted by molar-refractivity contribution is 5.44. The summed E-state index contributed by atoms with van der Waals surface area (Å²) in [7, 11) is 0. The molecule has 0 amide bonds. The van der Waals surface area contributed by atoms with Crippen molar-refractivity contribution in [1.82, 2.24) is 0 Å². The molecule has 15 heavy (non-hydrogen) atoms. The van der Waals surface area contributed by atoms with E-state index in [0.29, 0.717) is 13.3 Å². The lowest BCUT2D eigenvalue weighted by Gasteiger charge is -2.06. The van der Waals surface area contributed by atoms with Crippen molar-refractivity contribution in [1.29, 1.82) is 0 Å². The van der Waals surface area contributed by atoms with Gasteiger partial charge < -0.3 is 14.8 Å². The summed E-state index contributed by atoms with van der Waals surface area (Å²) in [6, 6.07) is 8.13. The maximum absolute atomic E-state index is 5.16. The van der Waals surface area contributed by atoms with Crippen LogP contribution in [0.15, 0.2) is 36.8 Å². The Hall–Kier alpha value is -1.64. The molecule has 0 fully saturated rings. The monoisotopic (exact) mass is 207 g/mol. The van der Waals surface area contributed by atoms with Crippen LogP contribution in [-0.2, 0) is 9.47 Å². The molecule has 82 valence electrons. The van der Waals surface area contributed by atoms with Gasteiger partial charge in [-0.15, -0.1) is 0 Å². The highest BCUT2D eigenvalue weighted by Crippen LogP contribution is 2.08.